The number of rotatable bonds is 5. The Morgan fingerprint density at radius 2 is 2.21 bits per heavy atom. The van der Waals surface area contributed by atoms with Gasteiger partial charge in [-0.15, -0.1) is 0 Å². The van der Waals surface area contributed by atoms with Crippen molar-refractivity contribution in [1.82, 2.24) is 0 Å². The first kappa shape index (κ1) is 13.9. The highest BCUT2D eigenvalue weighted by molar-refractivity contribution is 6.34. The van der Waals surface area contributed by atoms with Gasteiger partial charge in [-0.1, -0.05) is 11.6 Å². The van der Waals surface area contributed by atoms with Crippen LogP contribution in [0.4, 0.5) is 5.69 Å². The van der Waals surface area contributed by atoms with E-state index in [9.17, 15) is 4.79 Å². The second-order valence-corrected chi connectivity index (χ2v) is 4.44. The molecule has 1 amide bonds. The number of nitrogens with two attached hydrogens (primary N) is 1. The van der Waals surface area contributed by atoms with Gasteiger partial charge in [-0.3, -0.25) is 4.79 Å². The van der Waals surface area contributed by atoms with Gasteiger partial charge in [0.25, 0.3) is 0 Å². The largest absolute Gasteiger partial charge is 0.454 e. The highest BCUT2D eigenvalue weighted by Crippen LogP contribution is 2.39. The van der Waals surface area contributed by atoms with Crippen molar-refractivity contribution in [2.24, 2.45) is 5.73 Å². The maximum atomic E-state index is 11.8. The zero-order chi connectivity index (χ0) is 13.8. The maximum Gasteiger partial charge on any atom is 0.231 e. The summed E-state index contributed by atoms with van der Waals surface area (Å²) < 4.78 is 15.5. The Morgan fingerprint density at radius 1 is 1.53 bits per heavy atom. The van der Waals surface area contributed by atoms with Crippen LogP contribution in [0.15, 0.2) is 12.1 Å². The first-order chi connectivity index (χ1) is 9.13. The molecule has 0 spiro atoms. The van der Waals surface area contributed by atoms with Gasteiger partial charge in [0.15, 0.2) is 11.5 Å². The van der Waals surface area contributed by atoms with Crippen molar-refractivity contribution in [2.75, 3.05) is 25.8 Å². The lowest BCUT2D eigenvalue weighted by atomic mass is 10.2. The average Bonchev–Trinajstić information content (AvgIpc) is 2.83. The van der Waals surface area contributed by atoms with Crippen LogP contribution in [0.2, 0.25) is 5.02 Å². The molecule has 1 aromatic rings. The van der Waals surface area contributed by atoms with Gasteiger partial charge in [0, 0.05) is 25.8 Å². The molecule has 2 rings (SSSR count). The number of carbonyl (C=O) groups excluding carboxylic acids is 1. The Bertz CT molecular complexity index is 477. The second kappa shape index (κ2) is 6.10. The molecule has 0 saturated heterocycles. The van der Waals surface area contributed by atoms with E-state index in [2.05, 4.69) is 5.32 Å². The maximum absolute atomic E-state index is 11.8. The van der Waals surface area contributed by atoms with Crippen LogP contribution < -0.4 is 20.5 Å². The summed E-state index contributed by atoms with van der Waals surface area (Å²) in [6, 6.07) is 3.24. The molecule has 0 saturated carbocycles. The minimum Gasteiger partial charge on any atom is -0.454 e. The topological polar surface area (TPSA) is 82.8 Å². The fourth-order valence-corrected chi connectivity index (χ4v) is 1.88. The van der Waals surface area contributed by atoms with Crippen molar-refractivity contribution in [3.8, 4) is 11.5 Å². The van der Waals surface area contributed by atoms with Crippen LogP contribution in [0.5, 0.6) is 11.5 Å². The standard InChI is InChI=1S/C12H15ClN2O4/c1-17-7(5-14)2-12(16)15-9-4-11-10(3-8(9)13)18-6-19-11/h3-4,7H,2,5-6,14H2,1H3,(H,15,16). The Morgan fingerprint density at radius 3 is 2.84 bits per heavy atom. The number of fused-ring (bicyclic) bond motifs is 1. The van der Waals surface area contributed by atoms with E-state index < -0.39 is 0 Å². The molecule has 0 aliphatic carbocycles. The first-order valence-electron chi connectivity index (χ1n) is 5.76. The predicted octanol–water partition coefficient (Wildman–Crippen LogP) is 1.37. The fraction of sp³-hybridized carbons (Fsp3) is 0.417. The fourth-order valence-electron chi connectivity index (χ4n) is 1.68. The number of anilines is 1. The summed E-state index contributed by atoms with van der Waals surface area (Å²) in [6.07, 6.45) is -0.148. The number of amides is 1. The van der Waals surface area contributed by atoms with E-state index in [-0.39, 0.29) is 31.8 Å². The molecule has 1 aromatic carbocycles. The van der Waals surface area contributed by atoms with Gasteiger partial charge in [0.1, 0.15) is 0 Å². The number of hydrogen-bond donors (Lipinski definition) is 2. The summed E-state index contributed by atoms with van der Waals surface area (Å²) in [6.45, 7) is 0.431. The molecule has 0 bridgehead atoms. The molecule has 1 atom stereocenters. The molecule has 104 valence electrons. The summed E-state index contributed by atoms with van der Waals surface area (Å²) in [7, 11) is 1.51. The monoisotopic (exact) mass is 286 g/mol. The molecule has 1 unspecified atom stereocenters. The number of nitrogens with one attached hydrogen (secondary N) is 1. The SMILES string of the molecule is COC(CN)CC(=O)Nc1cc2c(cc1Cl)OCO2. The van der Waals surface area contributed by atoms with Crippen LogP contribution >= 0.6 is 11.6 Å². The van der Waals surface area contributed by atoms with Crippen molar-refractivity contribution in [2.45, 2.75) is 12.5 Å². The number of carbonyl (C=O) groups is 1. The van der Waals surface area contributed by atoms with E-state index in [1.54, 1.807) is 12.1 Å². The minimum absolute atomic E-state index is 0.155. The molecule has 19 heavy (non-hydrogen) atoms. The Kier molecular flexibility index (Phi) is 4.47. The zero-order valence-electron chi connectivity index (χ0n) is 10.4. The van der Waals surface area contributed by atoms with Gasteiger partial charge in [0.2, 0.25) is 12.7 Å². The number of benzene rings is 1. The molecule has 0 radical (unpaired) electrons. The lowest BCUT2D eigenvalue weighted by Gasteiger charge is -2.13. The molecule has 3 N–H and O–H groups in total. The van der Waals surface area contributed by atoms with E-state index in [0.717, 1.165) is 0 Å². The summed E-state index contributed by atoms with van der Waals surface area (Å²) in [5, 5.41) is 3.09. The first-order valence-corrected chi connectivity index (χ1v) is 6.13. The van der Waals surface area contributed by atoms with Gasteiger partial charge in [-0.25, -0.2) is 0 Å². The number of ether oxygens (including phenoxy) is 3. The summed E-state index contributed by atoms with van der Waals surface area (Å²) >= 11 is 6.05. The molecule has 6 nitrogen and oxygen atoms in total. The predicted molar refractivity (Wildman–Crippen MR) is 70.7 cm³/mol. The van der Waals surface area contributed by atoms with Crippen LogP contribution in [0.25, 0.3) is 0 Å². The van der Waals surface area contributed by atoms with Crippen molar-refractivity contribution in [3.63, 3.8) is 0 Å². The van der Waals surface area contributed by atoms with Crippen molar-refractivity contribution in [3.05, 3.63) is 17.2 Å². The van der Waals surface area contributed by atoms with E-state index in [1.807, 2.05) is 0 Å². The quantitative estimate of drug-likeness (QED) is 0.854. The van der Waals surface area contributed by atoms with Crippen molar-refractivity contribution >= 4 is 23.2 Å². The zero-order valence-corrected chi connectivity index (χ0v) is 11.2. The lowest BCUT2D eigenvalue weighted by molar-refractivity contribution is -0.118. The normalized spacial score (nSPS) is 14.3. The molecule has 0 aromatic heterocycles. The Balaban J connectivity index is 2.05. The van der Waals surface area contributed by atoms with E-state index in [1.165, 1.54) is 7.11 Å². The molecule has 1 heterocycles. The molecule has 1 aliphatic heterocycles. The molecule has 7 heteroatoms. The third-order valence-electron chi connectivity index (χ3n) is 2.75. The van der Waals surface area contributed by atoms with E-state index in [0.29, 0.717) is 22.2 Å². The molecular weight excluding hydrogens is 272 g/mol. The van der Waals surface area contributed by atoms with Gasteiger partial charge in [-0.05, 0) is 0 Å². The lowest BCUT2D eigenvalue weighted by Crippen LogP contribution is -2.28. The van der Waals surface area contributed by atoms with E-state index in [4.69, 9.17) is 31.5 Å². The molecule has 0 fully saturated rings. The van der Waals surface area contributed by atoms with Crippen molar-refractivity contribution in [1.29, 1.82) is 0 Å². The van der Waals surface area contributed by atoms with Crippen LogP contribution in [-0.2, 0) is 9.53 Å². The second-order valence-electron chi connectivity index (χ2n) is 4.03. The van der Waals surface area contributed by atoms with Crippen molar-refractivity contribution < 1.29 is 19.0 Å². The van der Waals surface area contributed by atoms with Gasteiger partial charge >= 0.3 is 0 Å². The van der Waals surface area contributed by atoms with Gasteiger partial charge in [0.05, 0.1) is 23.2 Å². The summed E-state index contributed by atoms with van der Waals surface area (Å²) in [4.78, 5) is 11.8. The molecular formula is C12H15ClN2O4. The Labute approximate surface area is 115 Å². The summed E-state index contributed by atoms with van der Waals surface area (Å²) in [5.41, 5.74) is 5.94. The smallest absolute Gasteiger partial charge is 0.231 e. The summed E-state index contributed by atoms with van der Waals surface area (Å²) in [5.74, 6) is 0.902. The highest BCUT2D eigenvalue weighted by atomic mass is 35.5. The van der Waals surface area contributed by atoms with Crippen LogP contribution in [0.3, 0.4) is 0 Å². The van der Waals surface area contributed by atoms with Crippen LogP contribution in [0, 0.1) is 0 Å². The number of halogens is 1. The van der Waals surface area contributed by atoms with Crippen LogP contribution in [0.1, 0.15) is 6.42 Å². The molecule has 1 aliphatic rings. The van der Waals surface area contributed by atoms with Gasteiger partial charge < -0.3 is 25.3 Å². The van der Waals surface area contributed by atoms with Crippen LogP contribution in [-0.4, -0.2) is 32.5 Å². The van der Waals surface area contributed by atoms with E-state index >= 15 is 0 Å². The number of hydrogen-bond acceptors (Lipinski definition) is 5. The third kappa shape index (κ3) is 3.28. The Hall–Kier alpha value is -1.50. The average molecular weight is 287 g/mol. The highest BCUT2D eigenvalue weighted by Gasteiger charge is 2.18. The van der Waals surface area contributed by atoms with Gasteiger partial charge in [-0.2, -0.15) is 0 Å². The number of methoxy groups -OCH3 is 1. The third-order valence-corrected chi connectivity index (χ3v) is 3.06. The minimum atomic E-state index is -0.312.